The van der Waals surface area contributed by atoms with Crippen molar-refractivity contribution in [3.05, 3.63) is 23.5 Å². The zero-order chi connectivity index (χ0) is 16.9. The summed E-state index contributed by atoms with van der Waals surface area (Å²) in [4.78, 5) is 11.9. The Morgan fingerprint density at radius 2 is 2.04 bits per heavy atom. The van der Waals surface area contributed by atoms with E-state index in [1.165, 1.54) is 24.8 Å². The van der Waals surface area contributed by atoms with E-state index in [0.29, 0.717) is 18.3 Å². The van der Waals surface area contributed by atoms with Gasteiger partial charge in [0.25, 0.3) is 0 Å². The Balaban J connectivity index is 1.61. The summed E-state index contributed by atoms with van der Waals surface area (Å²) in [7, 11) is 0. The average molecular weight is 324 g/mol. The molecular formula is C22H28O2. The normalized spacial score (nSPS) is 43.7. The molecule has 0 aromatic carbocycles. The van der Waals surface area contributed by atoms with Crippen LogP contribution in [0.4, 0.5) is 0 Å². The lowest BCUT2D eigenvalue weighted by Crippen LogP contribution is -2.50. The van der Waals surface area contributed by atoms with Crippen LogP contribution < -0.4 is 0 Å². The number of ether oxygens (including phenoxy) is 1. The first kappa shape index (κ1) is 16.0. The van der Waals surface area contributed by atoms with Crippen molar-refractivity contribution in [3.8, 4) is 12.3 Å². The van der Waals surface area contributed by atoms with E-state index in [4.69, 9.17) is 11.2 Å². The molecule has 2 fully saturated rings. The number of terminal acetylenes is 1. The number of hydrogen-bond acceptors (Lipinski definition) is 2. The molecule has 24 heavy (non-hydrogen) atoms. The molecule has 4 aliphatic carbocycles. The van der Waals surface area contributed by atoms with Crippen molar-refractivity contribution >= 4 is 5.78 Å². The van der Waals surface area contributed by atoms with E-state index in [0.717, 1.165) is 43.3 Å². The zero-order valence-corrected chi connectivity index (χ0v) is 14.9. The molecule has 2 unspecified atom stereocenters. The highest BCUT2D eigenvalue weighted by atomic mass is 16.5. The summed E-state index contributed by atoms with van der Waals surface area (Å²) < 4.78 is 5.92. The van der Waals surface area contributed by atoms with Crippen molar-refractivity contribution < 1.29 is 9.53 Å². The van der Waals surface area contributed by atoms with E-state index >= 15 is 0 Å². The van der Waals surface area contributed by atoms with Crippen LogP contribution in [-0.4, -0.2) is 12.4 Å². The molecule has 0 amide bonds. The second kappa shape index (κ2) is 5.51. The van der Waals surface area contributed by atoms with Crippen molar-refractivity contribution in [1.82, 2.24) is 0 Å². The second-order valence-electron chi connectivity index (χ2n) is 8.72. The minimum Gasteiger partial charge on any atom is -0.485 e. The molecular weight excluding hydrogens is 296 g/mol. The number of carbonyl (C=O) groups excluding carboxylic acids is 1. The molecule has 0 aliphatic heterocycles. The second-order valence-corrected chi connectivity index (χ2v) is 8.72. The number of fused-ring (bicyclic) bond motifs is 5. The molecule has 0 aromatic rings. The Bertz CT molecular complexity index is 664. The summed E-state index contributed by atoms with van der Waals surface area (Å²) in [6.07, 6.45) is 17.4. The van der Waals surface area contributed by atoms with Crippen LogP contribution in [-0.2, 0) is 9.53 Å². The fourth-order valence-electron chi connectivity index (χ4n) is 6.43. The summed E-state index contributed by atoms with van der Waals surface area (Å²) in [5, 5.41) is 0. The summed E-state index contributed by atoms with van der Waals surface area (Å²) >= 11 is 0. The van der Waals surface area contributed by atoms with Crippen LogP contribution >= 0.6 is 0 Å². The molecule has 0 aromatic heterocycles. The minimum atomic E-state index is 0.167. The summed E-state index contributed by atoms with van der Waals surface area (Å²) in [5.41, 5.74) is 1.86. The van der Waals surface area contributed by atoms with Gasteiger partial charge < -0.3 is 4.74 Å². The number of ketones is 1. The monoisotopic (exact) mass is 324 g/mol. The molecule has 0 N–H and O–H groups in total. The Kier molecular flexibility index (Phi) is 3.68. The molecule has 4 aliphatic rings. The Hall–Kier alpha value is -1.49. The van der Waals surface area contributed by atoms with Gasteiger partial charge in [-0.3, -0.25) is 4.79 Å². The van der Waals surface area contributed by atoms with E-state index in [-0.39, 0.29) is 10.8 Å². The van der Waals surface area contributed by atoms with Gasteiger partial charge in [-0.1, -0.05) is 25.3 Å². The third-order valence-electron chi connectivity index (χ3n) is 7.78. The predicted molar refractivity (Wildman–Crippen MR) is 95.0 cm³/mol. The molecule has 2 heteroatoms. The molecule has 2 nitrogen and oxygen atoms in total. The molecule has 5 atom stereocenters. The number of hydrogen-bond donors (Lipinski definition) is 0. The average Bonchev–Trinajstić information content (AvgIpc) is 2.90. The third kappa shape index (κ3) is 2.13. The molecule has 0 heterocycles. The first-order valence-electron chi connectivity index (χ1n) is 9.50. The maximum Gasteiger partial charge on any atom is 0.155 e. The molecule has 2 saturated carbocycles. The predicted octanol–water partition coefficient (Wildman–Crippen LogP) is 4.66. The molecule has 0 radical (unpaired) electrons. The first-order chi connectivity index (χ1) is 11.5. The number of carbonyl (C=O) groups is 1. The summed E-state index contributed by atoms with van der Waals surface area (Å²) in [6, 6.07) is 0. The molecule has 0 bridgehead atoms. The van der Waals surface area contributed by atoms with Gasteiger partial charge in [0, 0.05) is 11.8 Å². The van der Waals surface area contributed by atoms with E-state index < -0.39 is 0 Å². The standard InChI is InChI=1S/C22H28O2/c1-4-13-24-20-8-7-18-17-6-5-15-14-16(23)9-11-21(15,2)19(17)10-12-22(18,20)3/h1,8,14,17-19H,5-7,9-13H2,2-3H3/t17?,18-,19-,21+,22?/m1/s1. The molecule has 4 rings (SSSR count). The third-order valence-corrected chi connectivity index (χ3v) is 7.78. The van der Waals surface area contributed by atoms with Gasteiger partial charge in [-0.05, 0) is 73.8 Å². The van der Waals surface area contributed by atoms with Gasteiger partial charge in [-0.15, -0.1) is 6.42 Å². The van der Waals surface area contributed by atoms with Crippen molar-refractivity contribution in [1.29, 1.82) is 0 Å². The summed E-state index contributed by atoms with van der Waals surface area (Å²) in [6.45, 7) is 5.21. The lowest BCUT2D eigenvalue weighted by atomic mass is 9.47. The van der Waals surface area contributed by atoms with E-state index in [2.05, 4.69) is 25.8 Å². The highest BCUT2D eigenvalue weighted by molar-refractivity contribution is 5.91. The molecule has 0 saturated heterocycles. The SMILES string of the molecule is C#CCOC1=CC[C@@H]2C3CCC4=CC(=O)CC[C@]4(C)[C@@H]3CCC12C. The van der Waals surface area contributed by atoms with Gasteiger partial charge in [0.2, 0.25) is 0 Å². The fourth-order valence-corrected chi connectivity index (χ4v) is 6.43. The van der Waals surface area contributed by atoms with E-state index in [9.17, 15) is 4.79 Å². The van der Waals surface area contributed by atoms with E-state index in [1.54, 1.807) is 0 Å². The summed E-state index contributed by atoms with van der Waals surface area (Å²) in [5.74, 6) is 6.26. The van der Waals surface area contributed by atoms with Crippen molar-refractivity contribution in [2.24, 2.45) is 28.6 Å². The van der Waals surface area contributed by atoms with Crippen molar-refractivity contribution in [2.75, 3.05) is 6.61 Å². The topological polar surface area (TPSA) is 26.3 Å². The van der Waals surface area contributed by atoms with Crippen LogP contribution in [0.2, 0.25) is 0 Å². The highest BCUT2D eigenvalue weighted by Crippen LogP contribution is 2.65. The minimum absolute atomic E-state index is 0.167. The quantitative estimate of drug-likeness (QED) is 0.690. The van der Waals surface area contributed by atoms with Crippen molar-refractivity contribution in [2.45, 2.75) is 58.8 Å². The van der Waals surface area contributed by atoms with Crippen LogP contribution in [0.5, 0.6) is 0 Å². The van der Waals surface area contributed by atoms with Gasteiger partial charge in [0.1, 0.15) is 6.61 Å². The Morgan fingerprint density at radius 1 is 1.21 bits per heavy atom. The highest BCUT2D eigenvalue weighted by Gasteiger charge is 2.57. The Labute approximate surface area is 145 Å². The lowest BCUT2D eigenvalue weighted by Gasteiger charge is -2.57. The first-order valence-corrected chi connectivity index (χ1v) is 9.50. The number of allylic oxidation sites excluding steroid dienone is 4. The smallest absolute Gasteiger partial charge is 0.155 e. The van der Waals surface area contributed by atoms with Crippen LogP contribution in [0.3, 0.4) is 0 Å². The maximum absolute atomic E-state index is 11.9. The van der Waals surface area contributed by atoms with Gasteiger partial charge in [-0.25, -0.2) is 0 Å². The van der Waals surface area contributed by atoms with Crippen LogP contribution in [0.25, 0.3) is 0 Å². The van der Waals surface area contributed by atoms with Crippen LogP contribution in [0.15, 0.2) is 23.5 Å². The maximum atomic E-state index is 11.9. The Morgan fingerprint density at radius 3 is 2.83 bits per heavy atom. The number of rotatable bonds is 2. The molecule has 128 valence electrons. The lowest BCUT2D eigenvalue weighted by molar-refractivity contribution is -0.117. The van der Waals surface area contributed by atoms with Crippen LogP contribution in [0.1, 0.15) is 58.8 Å². The van der Waals surface area contributed by atoms with Crippen LogP contribution in [0, 0.1) is 40.9 Å². The van der Waals surface area contributed by atoms with Gasteiger partial charge in [0.05, 0.1) is 5.76 Å². The fraction of sp³-hybridized carbons (Fsp3) is 0.682. The van der Waals surface area contributed by atoms with E-state index in [1.807, 2.05) is 6.08 Å². The van der Waals surface area contributed by atoms with Crippen molar-refractivity contribution in [3.63, 3.8) is 0 Å². The molecule has 0 spiro atoms. The van der Waals surface area contributed by atoms with Gasteiger partial charge >= 0.3 is 0 Å². The zero-order valence-electron chi connectivity index (χ0n) is 14.9. The largest absolute Gasteiger partial charge is 0.485 e. The van der Waals surface area contributed by atoms with Gasteiger partial charge in [0.15, 0.2) is 5.78 Å². The van der Waals surface area contributed by atoms with Gasteiger partial charge in [-0.2, -0.15) is 0 Å².